The maximum absolute atomic E-state index is 13.1. The first kappa shape index (κ1) is 24.0. The van der Waals surface area contributed by atoms with Crippen molar-refractivity contribution in [3.63, 3.8) is 0 Å². The lowest BCUT2D eigenvalue weighted by Gasteiger charge is -2.16. The van der Waals surface area contributed by atoms with Gasteiger partial charge in [-0.15, -0.1) is 0 Å². The van der Waals surface area contributed by atoms with E-state index in [0.29, 0.717) is 41.9 Å². The first-order valence-corrected chi connectivity index (χ1v) is 11.8. The third-order valence-electron chi connectivity index (χ3n) is 4.84. The van der Waals surface area contributed by atoms with E-state index in [-0.39, 0.29) is 5.69 Å². The highest BCUT2D eigenvalue weighted by Gasteiger charge is 2.26. The van der Waals surface area contributed by atoms with Crippen LogP contribution in [0.3, 0.4) is 0 Å². The van der Waals surface area contributed by atoms with Gasteiger partial charge in [0.15, 0.2) is 0 Å². The van der Waals surface area contributed by atoms with Crippen molar-refractivity contribution in [1.82, 2.24) is 9.55 Å². The fourth-order valence-corrected chi connectivity index (χ4v) is 3.96. The molecule has 3 aromatic rings. The minimum absolute atomic E-state index is 0.0869. The summed E-state index contributed by atoms with van der Waals surface area (Å²) in [5, 5.41) is 0.556. The van der Waals surface area contributed by atoms with Gasteiger partial charge >= 0.3 is 0 Å². The number of hydrogen-bond acceptors (Lipinski definition) is 4. The molecule has 0 saturated heterocycles. The van der Waals surface area contributed by atoms with Gasteiger partial charge in [0.25, 0.3) is 17.2 Å². The number of imidazole rings is 1. The molecule has 2 aromatic carbocycles. The van der Waals surface area contributed by atoms with Crippen LogP contribution in [-0.2, 0) is 24.2 Å². The molecule has 0 spiro atoms. The molecule has 0 fully saturated rings. The second kappa shape index (κ2) is 10.8. The molecule has 1 amide bonds. The van der Waals surface area contributed by atoms with Crippen molar-refractivity contribution >= 4 is 34.5 Å². The van der Waals surface area contributed by atoms with E-state index in [1.165, 1.54) is 0 Å². The Balaban J connectivity index is 1.87. The average Bonchev–Trinajstić information content (AvgIpc) is 3.18. The third-order valence-corrected chi connectivity index (χ3v) is 5.88. The van der Waals surface area contributed by atoms with Crippen molar-refractivity contribution in [1.29, 1.82) is 0 Å². The smallest absolute Gasteiger partial charge is 0.292 e. The van der Waals surface area contributed by atoms with Crippen LogP contribution in [0.4, 0.5) is 5.69 Å². The van der Waals surface area contributed by atoms with Crippen molar-refractivity contribution in [2.24, 2.45) is 0 Å². The third kappa shape index (κ3) is 5.56. The maximum atomic E-state index is 13.1. The van der Waals surface area contributed by atoms with Crippen molar-refractivity contribution in [2.75, 3.05) is 10.9 Å². The maximum Gasteiger partial charge on any atom is 0.292 e. The molecule has 7 nitrogen and oxygen atoms in total. The lowest BCUT2D eigenvalue weighted by atomic mass is 10.2. The molecule has 0 radical (unpaired) electrons. The molecule has 0 aliphatic rings. The summed E-state index contributed by atoms with van der Waals surface area (Å²) in [5.74, 6) is 0.720. The van der Waals surface area contributed by atoms with E-state index >= 15 is 0 Å². The fraction of sp³-hybridized carbons (Fsp3) is 0.304. The number of anilines is 1. The van der Waals surface area contributed by atoms with Crippen LogP contribution in [0, 0.1) is 6.92 Å². The zero-order valence-corrected chi connectivity index (χ0v) is 19.8. The second-order valence-corrected chi connectivity index (χ2v) is 8.53. The molecule has 1 N–H and O–H groups in total. The molecule has 1 heterocycles. The van der Waals surface area contributed by atoms with E-state index < -0.39 is 17.2 Å². The molecule has 9 heteroatoms. The van der Waals surface area contributed by atoms with Crippen LogP contribution in [-0.4, -0.2) is 30.8 Å². The van der Waals surface area contributed by atoms with Gasteiger partial charge in [-0.1, -0.05) is 49.2 Å². The number of carbonyl (C=O) groups excluding carboxylic acids is 1. The molecule has 1 unspecified atom stereocenters. The number of rotatable bonds is 9. The number of ether oxygens (including phenoxy) is 1. The number of amides is 1. The van der Waals surface area contributed by atoms with Gasteiger partial charge in [0, 0.05) is 17.6 Å². The number of benzene rings is 2. The van der Waals surface area contributed by atoms with E-state index in [9.17, 15) is 13.6 Å². The molecule has 32 heavy (non-hydrogen) atoms. The number of nitrogens with zero attached hydrogens (tertiary/aromatic N) is 3. The van der Waals surface area contributed by atoms with Crippen LogP contribution in [0.1, 0.15) is 47.7 Å². The van der Waals surface area contributed by atoms with E-state index in [1.807, 2.05) is 37.5 Å². The molecule has 1 aromatic heterocycles. The fourth-order valence-electron chi connectivity index (χ4n) is 3.19. The molecular weight excluding hydrogens is 450 g/mol. The summed E-state index contributed by atoms with van der Waals surface area (Å²) < 4.78 is 30.0. The summed E-state index contributed by atoms with van der Waals surface area (Å²) in [6, 6.07) is 12.3. The van der Waals surface area contributed by atoms with Gasteiger partial charge in [-0.2, -0.15) is 0 Å². The Morgan fingerprint density at radius 1 is 1.22 bits per heavy atom. The largest absolute Gasteiger partial charge is 0.494 e. The normalized spacial score (nSPS) is 11.9. The van der Waals surface area contributed by atoms with Gasteiger partial charge in [0.2, 0.25) is 0 Å². The van der Waals surface area contributed by atoms with Gasteiger partial charge in [-0.25, -0.2) is 13.5 Å². The minimum atomic E-state index is -2.54. The van der Waals surface area contributed by atoms with Gasteiger partial charge in [0.1, 0.15) is 17.3 Å². The van der Waals surface area contributed by atoms with Gasteiger partial charge < -0.3 is 9.30 Å². The molecule has 1 atom stereocenters. The summed E-state index contributed by atoms with van der Waals surface area (Å²) in [7, 11) is 0. The van der Waals surface area contributed by atoms with Gasteiger partial charge in [-0.05, 0) is 43.2 Å². The van der Waals surface area contributed by atoms with Crippen LogP contribution in [0.15, 0.2) is 48.7 Å². The molecule has 170 valence electrons. The highest BCUT2D eigenvalue weighted by molar-refractivity contribution is 7.81. The Morgan fingerprint density at radius 2 is 1.94 bits per heavy atom. The monoisotopic (exact) mass is 475 g/mol. The Kier molecular flexibility index (Phi) is 8.06. The van der Waals surface area contributed by atoms with Crippen LogP contribution >= 0.6 is 11.6 Å². The summed E-state index contributed by atoms with van der Waals surface area (Å²) in [6.45, 7) is 6.88. The number of aryl methyl sites for hydroxylation is 2. The predicted octanol–water partition coefficient (Wildman–Crippen LogP) is 5.03. The van der Waals surface area contributed by atoms with Gasteiger partial charge in [0.05, 0.1) is 18.8 Å². The molecule has 3 rings (SSSR count). The Hall–Kier alpha value is -2.68. The van der Waals surface area contributed by atoms with Crippen LogP contribution in [0.2, 0.25) is 5.02 Å². The Morgan fingerprint density at radius 3 is 2.53 bits per heavy atom. The lowest BCUT2D eigenvalue weighted by molar-refractivity contribution is 0.100. The second-order valence-electron chi connectivity index (χ2n) is 7.29. The SMILES string of the molecule is CCCOc1ccc(Cn2cc(C(=O)N(c3ccc(C)cc3)S(=O)O)nc2CC)c(Cl)c1. The van der Waals surface area contributed by atoms with E-state index in [1.54, 1.807) is 36.5 Å². The molecule has 0 aliphatic carbocycles. The summed E-state index contributed by atoms with van der Waals surface area (Å²) in [5.41, 5.74) is 2.23. The highest BCUT2D eigenvalue weighted by Crippen LogP contribution is 2.25. The van der Waals surface area contributed by atoms with E-state index in [0.717, 1.165) is 21.9 Å². The van der Waals surface area contributed by atoms with Crippen LogP contribution in [0.25, 0.3) is 0 Å². The van der Waals surface area contributed by atoms with Crippen molar-refractivity contribution < 1.29 is 18.3 Å². The summed E-state index contributed by atoms with van der Waals surface area (Å²) in [6.07, 6.45) is 3.08. The van der Waals surface area contributed by atoms with E-state index in [2.05, 4.69) is 4.98 Å². The van der Waals surface area contributed by atoms with Crippen molar-refractivity contribution in [2.45, 2.75) is 40.2 Å². The first-order valence-electron chi connectivity index (χ1n) is 10.3. The van der Waals surface area contributed by atoms with Crippen molar-refractivity contribution in [3.8, 4) is 5.75 Å². The van der Waals surface area contributed by atoms with Crippen molar-refractivity contribution in [3.05, 3.63) is 76.3 Å². The standard InChI is InChI=1S/C23H26ClN3O4S/c1-4-12-31-19-11-8-17(20(24)13-19)14-26-15-21(25-22(26)5-2)23(28)27(32(29)30)18-9-6-16(3)7-10-18/h6-11,13,15H,4-5,12,14H2,1-3H3,(H,29,30). The highest BCUT2D eigenvalue weighted by atomic mass is 35.5. The predicted molar refractivity (Wildman–Crippen MR) is 127 cm³/mol. The molecule has 0 saturated carbocycles. The minimum Gasteiger partial charge on any atom is -0.494 e. The number of hydrogen-bond donors (Lipinski definition) is 1. The molecule has 0 aliphatic heterocycles. The topological polar surface area (TPSA) is 84.7 Å². The number of halogens is 1. The average molecular weight is 476 g/mol. The Bertz CT molecular complexity index is 1110. The first-order chi connectivity index (χ1) is 15.3. The van der Waals surface area contributed by atoms with Gasteiger partial charge in [-0.3, -0.25) is 9.35 Å². The molecule has 0 bridgehead atoms. The van der Waals surface area contributed by atoms with Crippen LogP contribution < -0.4 is 9.04 Å². The number of aromatic nitrogens is 2. The quantitative estimate of drug-likeness (QED) is 0.439. The van der Waals surface area contributed by atoms with Crippen LogP contribution in [0.5, 0.6) is 5.75 Å². The number of carbonyl (C=O) groups is 1. The summed E-state index contributed by atoms with van der Waals surface area (Å²) in [4.78, 5) is 17.5. The zero-order chi connectivity index (χ0) is 23.3. The summed E-state index contributed by atoms with van der Waals surface area (Å²) >= 11 is 3.91. The van der Waals surface area contributed by atoms with E-state index in [4.69, 9.17) is 16.3 Å². The zero-order valence-electron chi connectivity index (χ0n) is 18.2. The Labute approximate surface area is 195 Å². The molecular formula is C23H26ClN3O4S. The lowest BCUT2D eigenvalue weighted by Crippen LogP contribution is -2.32.